The third-order valence-electron chi connectivity index (χ3n) is 3.67. The lowest BCUT2D eigenvalue weighted by Crippen LogP contribution is -2.27. The second-order valence-corrected chi connectivity index (χ2v) is 6.31. The maximum absolute atomic E-state index is 12.2. The number of hydrogen-bond donors (Lipinski definition) is 1. The Morgan fingerprint density at radius 3 is 2.41 bits per heavy atom. The van der Waals surface area contributed by atoms with Gasteiger partial charge in [-0.3, -0.25) is 4.79 Å². The lowest BCUT2D eigenvalue weighted by molar-refractivity contribution is -0.122. The van der Waals surface area contributed by atoms with Crippen LogP contribution in [-0.2, 0) is 4.79 Å². The number of rotatable bonds is 5. The maximum Gasteiger partial charge on any atom is 0.221 e. The van der Waals surface area contributed by atoms with Crippen molar-refractivity contribution in [3.05, 3.63) is 69.7 Å². The van der Waals surface area contributed by atoms with E-state index in [0.717, 1.165) is 11.1 Å². The molecule has 0 aromatic heterocycles. The molecule has 0 saturated heterocycles. The summed E-state index contributed by atoms with van der Waals surface area (Å²) in [4.78, 5) is 12.2. The molecular weight excluding hydrogens is 317 g/mol. The van der Waals surface area contributed by atoms with Crippen LogP contribution < -0.4 is 5.32 Å². The number of halogens is 2. The zero-order valence-electron chi connectivity index (χ0n) is 12.6. The Balaban J connectivity index is 1.96. The SMILES string of the molecule is C[C@H](CC(=O)N[C@H](C)c1ccc(Cl)cc1Cl)c1ccccc1. The van der Waals surface area contributed by atoms with Gasteiger partial charge in [0.25, 0.3) is 0 Å². The van der Waals surface area contributed by atoms with E-state index >= 15 is 0 Å². The van der Waals surface area contributed by atoms with Gasteiger partial charge in [-0.2, -0.15) is 0 Å². The third-order valence-corrected chi connectivity index (χ3v) is 4.23. The fourth-order valence-electron chi connectivity index (χ4n) is 2.41. The molecule has 0 unspecified atom stereocenters. The molecule has 0 aliphatic heterocycles. The van der Waals surface area contributed by atoms with E-state index in [1.54, 1.807) is 12.1 Å². The van der Waals surface area contributed by atoms with Crippen LogP contribution in [0.1, 0.15) is 43.4 Å². The minimum atomic E-state index is -0.153. The highest BCUT2D eigenvalue weighted by Gasteiger charge is 2.16. The van der Waals surface area contributed by atoms with E-state index in [9.17, 15) is 4.79 Å². The van der Waals surface area contributed by atoms with Crippen LogP contribution in [0.2, 0.25) is 10.0 Å². The maximum atomic E-state index is 12.2. The summed E-state index contributed by atoms with van der Waals surface area (Å²) in [6.45, 7) is 3.97. The normalized spacial score (nSPS) is 13.5. The first-order valence-electron chi connectivity index (χ1n) is 7.26. The molecule has 116 valence electrons. The average Bonchev–Trinajstić information content (AvgIpc) is 2.47. The van der Waals surface area contributed by atoms with E-state index in [4.69, 9.17) is 23.2 Å². The molecule has 1 N–H and O–H groups in total. The lowest BCUT2D eigenvalue weighted by atomic mass is 9.97. The highest BCUT2D eigenvalue weighted by atomic mass is 35.5. The van der Waals surface area contributed by atoms with Crippen molar-refractivity contribution in [2.75, 3.05) is 0 Å². The molecule has 0 radical (unpaired) electrons. The van der Waals surface area contributed by atoms with Crippen molar-refractivity contribution in [2.45, 2.75) is 32.2 Å². The number of carbonyl (C=O) groups excluding carboxylic acids is 1. The van der Waals surface area contributed by atoms with Gasteiger partial charge in [0, 0.05) is 16.5 Å². The van der Waals surface area contributed by atoms with Crippen LogP contribution in [0.15, 0.2) is 48.5 Å². The van der Waals surface area contributed by atoms with Crippen molar-refractivity contribution < 1.29 is 4.79 Å². The van der Waals surface area contributed by atoms with E-state index in [0.29, 0.717) is 16.5 Å². The molecule has 0 aliphatic rings. The molecule has 4 heteroatoms. The van der Waals surface area contributed by atoms with Gasteiger partial charge in [0.2, 0.25) is 5.91 Å². The highest BCUT2D eigenvalue weighted by molar-refractivity contribution is 6.35. The van der Waals surface area contributed by atoms with Crippen LogP contribution in [0.5, 0.6) is 0 Å². The molecule has 0 saturated carbocycles. The zero-order valence-corrected chi connectivity index (χ0v) is 14.2. The molecule has 2 atom stereocenters. The minimum Gasteiger partial charge on any atom is -0.350 e. The van der Waals surface area contributed by atoms with Crippen LogP contribution in [-0.4, -0.2) is 5.91 Å². The first-order chi connectivity index (χ1) is 10.5. The molecule has 1 amide bonds. The largest absolute Gasteiger partial charge is 0.350 e. The fraction of sp³-hybridized carbons (Fsp3) is 0.278. The summed E-state index contributed by atoms with van der Waals surface area (Å²) in [5.41, 5.74) is 2.03. The number of benzene rings is 2. The van der Waals surface area contributed by atoms with Gasteiger partial charge in [0.05, 0.1) is 6.04 Å². The molecule has 0 fully saturated rings. The Kier molecular flexibility index (Phi) is 5.87. The van der Waals surface area contributed by atoms with Crippen molar-refractivity contribution in [1.29, 1.82) is 0 Å². The smallest absolute Gasteiger partial charge is 0.221 e. The Hall–Kier alpha value is -1.51. The Labute approximate surface area is 141 Å². The summed E-state index contributed by atoms with van der Waals surface area (Å²) in [6, 6.07) is 15.2. The lowest BCUT2D eigenvalue weighted by Gasteiger charge is -2.18. The first-order valence-corrected chi connectivity index (χ1v) is 8.02. The Morgan fingerprint density at radius 2 is 1.77 bits per heavy atom. The standard InChI is InChI=1S/C18H19Cl2NO/c1-12(14-6-4-3-5-7-14)10-18(22)21-13(2)16-9-8-15(19)11-17(16)20/h3-9,11-13H,10H2,1-2H3,(H,21,22)/t12-,13-/m1/s1. The van der Waals surface area contributed by atoms with Gasteiger partial charge >= 0.3 is 0 Å². The molecule has 2 rings (SSSR count). The summed E-state index contributed by atoms with van der Waals surface area (Å²) < 4.78 is 0. The van der Waals surface area contributed by atoms with Gasteiger partial charge in [-0.25, -0.2) is 0 Å². The molecule has 2 aromatic carbocycles. The molecule has 0 spiro atoms. The van der Waals surface area contributed by atoms with Gasteiger partial charge in [-0.15, -0.1) is 0 Å². The zero-order chi connectivity index (χ0) is 16.1. The van der Waals surface area contributed by atoms with Crippen LogP contribution >= 0.6 is 23.2 Å². The van der Waals surface area contributed by atoms with Crippen LogP contribution in [0.25, 0.3) is 0 Å². The molecule has 0 aliphatic carbocycles. The highest BCUT2D eigenvalue weighted by Crippen LogP contribution is 2.26. The van der Waals surface area contributed by atoms with Crippen molar-refractivity contribution in [3.63, 3.8) is 0 Å². The second kappa shape index (κ2) is 7.66. The Bertz CT molecular complexity index is 643. The van der Waals surface area contributed by atoms with Gasteiger partial charge in [0.15, 0.2) is 0 Å². The Morgan fingerprint density at radius 1 is 1.09 bits per heavy atom. The monoisotopic (exact) mass is 335 g/mol. The van der Waals surface area contributed by atoms with Crippen molar-refractivity contribution in [1.82, 2.24) is 5.32 Å². The minimum absolute atomic E-state index is 0.00914. The summed E-state index contributed by atoms with van der Waals surface area (Å²) in [6.07, 6.45) is 0.444. The average molecular weight is 336 g/mol. The molecule has 0 bridgehead atoms. The summed E-state index contributed by atoms with van der Waals surface area (Å²) in [5, 5.41) is 4.14. The second-order valence-electron chi connectivity index (χ2n) is 5.47. The number of hydrogen-bond acceptors (Lipinski definition) is 1. The predicted octanol–water partition coefficient (Wildman–Crippen LogP) is 5.36. The molecule has 0 heterocycles. The third kappa shape index (κ3) is 4.49. The molecule has 2 nitrogen and oxygen atoms in total. The fourth-order valence-corrected chi connectivity index (χ4v) is 2.98. The van der Waals surface area contributed by atoms with E-state index in [1.807, 2.05) is 43.3 Å². The quantitative estimate of drug-likeness (QED) is 0.782. The van der Waals surface area contributed by atoms with Crippen LogP contribution in [0, 0.1) is 0 Å². The van der Waals surface area contributed by atoms with Gasteiger partial charge < -0.3 is 5.32 Å². The van der Waals surface area contributed by atoms with Gasteiger partial charge in [0.1, 0.15) is 0 Å². The number of amides is 1. The van der Waals surface area contributed by atoms with E-state index in [-0.39, 0.29) is 17.9 Å². The number of nitrogens with one attached hydrogen (secondary N) is 1. The van der Waals surface area contributed by atoms with Crippen molar-refractivity contribution in [2.24, 2.45) is 0 Å². The van der Waals surface area contributed by atoms with Crippen molar-refractivity contribution in [3.8, 4) is 0 Å². The summed E-state index contributed by atoms with van der Waals surface area (Å²) >= 11 is 12.1. The van der Waals surface area contributed by atoms with E-state index < -0.39 is 0 Å². The van der Waals surface area contributed by atoms with E-state index in [2.05, 4.69) is 12.2 Å². The van der Waals surface area contributed by atoms with Crippen molar-refractivity contribution >= 4 is 29.1 Å². The molecular formula is C18H19Cl2NO. The molecule has 22 heavy (non-hydrogen) atoms. The predicted molar refractivity (Wildman–Crippen MR) is 92.5 cm³/mol. The van der Waals surface area contributed by atoms with Crippen LogP contribution in [0.3, 0.4) is 0 Å². The number of carbonyl (C=O) groups is 1. The van der Waals surface area contributed by atoms with E-state index in [1.165, 1.54) is 0 Å². The molecule has 2 aromatic rings. The first kappa shape index (κ1) is 16.9. The van der Waals surface area contributed by atoms with Crippen LogP contribution in [0.4, 0.5) is 0 Å². The topological polar surface area (TPSA) is 29.1 Å². The summed E-state index contributed by atoms with van der Waals surface area (Å²) in [7, 11) is 0. The summed E-state index contributed by atoms with van der Waals surface area (Å²) in [5.74, 6) is 0.184. The van der Waals surface area contributed by atoms with Gasteiger partial charge in [-0.1, -0.05) is 66.5 Å². The van der Waals surface area contributed by atoms with Gasteiger partial charge in [-0.05, 0) is 36.1 Å².